The monoisotopic (exact) mass is 273 g/mol. The molecule has 1 aromatic carbocycles. The second kappa shape index (κ2) is 4.94. The Morgan fingerprint density at radius 2 is 2.40 bits per heavy atom. The van der Waals surface area contributed by atoms with Gasteiger partial charge in [0, 0.05) is 6.04 Å². The maximum atomic E-state index is 12.8. The normalized spacial score (nSPS) is 20.5. The molecule has 1 fully saturated rings. The van der Waals surface area contributed by atoms with Crippen LogP contribution in [-0.4, -0.2) is 19.2 Å². The minimum atomic E-state index is -0.256. The molecule has 1 aliphatic rings. The van der Waals surface area contributed by atoms with E-state index in [0.29, 0.717) is 22.9 Å². The van der Waals surface area contributed by atoms with Crippen LogP contribution in [0.15, 0.2) is 22.7 Å². The fraction of sp³-hybridized carbons (Fsp3) is 0.455. The van der Waals surface area contributed by atoms with Crippen molar-refractivity contribution in [1.29, 1.82) is 0 Å². The summed E-state index contributed by atoms with van der Waals surface area (Å²) in [4.78, 5) is 0. The van der Waals surface area contributed by atoms with E-state index in [1.54, 1.807) is 6.07 Å². The van der Waals surface area contributed by atoms with Gasteiger partial charge in [-0.1, -0.05) is 0 Å². The summed E-state index contributed by atoms with van der Waals surface area (Å²) >= 11 is 3.27. The van der Waals surface area contributed by atoms with Crippen LogP contribution in [0, 0.1) is 5.82 Å². The van der Waals surface area contributed by atoms with Crippen LogP contribution >= 0.6 is 15.9 Å². The molecule has 2 rings (SSSR count). The van der Waals surface area contributed by atoms with Gasteiger partial charge in [0.05, 0.1) is 4.47 Å². The molecule has 1 aliphatic heterocycles. The Labute approximate surface area is 96.9 Å². The van der Waals surface area contributed by atoms with Gasteiger partial charge in [0.1, 0.15) is 18.2 Å². The highest BCUT2D eigenvalue weighted by atomic mass is 79.9. The fourth-order valence-corrected chi connectivity index (χ4v) is 2.15. The van der Waals surface area contributed by atoms with E-state index in [4.69, 9.17) is 4.74 Å². The van der Waals surface area contributed by atoms with Crippen molar-refractivity contribution in [2.24, 2.45) is 0 Å². The molecular weight excluding hydrogens is 261 g/mol. The number of hydrogen-bond donors (Lipinski definition) is 1. The molecule has 1 atom stereocenters. The van der Waals surface area contributed by atoms with Gasteiger partial charge < -0.3 is 10.1 Å². The summed E-state index contributed by atoms with van der Waals surface area (Å²) in [6.45, 7) is 1.71. The molecule has 0 radical (unpaired) electrons. The Kier molecular flexibility index (Phi) is 3.59. The van der Waals surface area contributed by atoms with Crippen molar-refractivity contribution in [3.8, 4) is 5.75 Å². The lowest BCUT2D eigenvalue weighted by Gasteiger charge is -2.13. The maximum Gasteiger partial charge on any atom is 0.133 e. The second-order valence-electron chi connectivity index (χ2n) is 3.68. The van der Waals surface area contributed by atoms with Crippen LogP contribution in [-0.2, 0) is 0 Å². The molecule has 2 nitrogen and oxygen atoms in total. The number of hydrogen-bond acceptors (Lipinski definition) is 2. The topological polar surface area (TPSA) is 21.3 Å². The second-order valence-corrected chi connectivity index (χ2v) is 4.53. The van der Waals surface area contributed by atoms with Gasteiger partial charge in [-0.15, -0.1) is 0 Å². The predicted octanol–water partition coefficient (Wildman–Crippen LogP) is 2.72. The van der Waals surface area contributed by atoms with Gasteiger partial charge in [0.25, 0.3) is 0 Å². The van der Waals surface area contributed by atoms with Gasteiger partial charge in [-0.05, 0) is 53.5 Å². The van der Waals surface area contributed by atoms with Crippen molar-refractivity contribution in [2.45, 2.75) is 18.9 Å². The highest BCUT2D eigenvalue weighted by molar-refractivity contribution is 9.10. The van der Waals surface area contributed by atoms with E-state index in [1.807, 2.05) is 0 Å². The van der Waals surface area contributed by atoms with E-state index < -0.39 is 0 Å². The van der Waals surface area contributed by atoms with Crippen LogP contribution in [0.25, 0.3) is 0 Å². The zero-order valence-corrected chi connectivity index (χ0v) is 9.89. The van der Waals surface area contributed by atoms with Crippen LogP contribution in [0.3, 0.4) is 0 Å². The molecule has 1 heterocycles. The molecule has 15 heavy (non-hydrogen) atoms. The molecule has 0 aromatic heterocycles. The van der Waals surface area contributed by atoms with Gasteiger partial charge in [0.2, 0.25) is 0 Å². The van der Waals surface area contributed by atoms with Crippen molar-refractivity contribution < 1.29 is 9.13 Å². The highest BCUT2D eigenvalue weighted by Crippen LogP contribution is 2.25. The predicted molar refractivity (Wildman–Crippen MR) is 60.6 cm³/mol. The molecule has 0 bridgehead atoms. The average molecular weight is 274 g/mol. The first kappa shape index (κ1) is 10.9. The highest BCUT2D eigenvalue weighted by Gasteiger charge is 2.14. The summed E-state index contributed by atoms with van der Waals surface area (Å²) in [5.41, 5.74) is 0. The van der Waals surface area contributed by atoms with Gasteiger partial charge in [0.15, 0.2) is 0 Å². The van der Waals surface area contributed by atoms with Crippen molar-refractivity contribution in [1.82, 2.24) is 5.32 Å². The van der Waals surface area contributed by atoms with Crippen molar-refractivity contribution >= 4 is 15.9 Å². The van der Waals surface area contributed by atoms with E-state index in [2.05, 4.69) is 21.2 Å². The van der Waals surface area contributed by atoms with Crippen LogP contribution in [0.4, 0.5) is 4.39 Å². The lowest BCUT2D eigenvalue weighted by molar-refractivity contribution is 0.275. The number of halogens is 2. The molecule has 0 amide bonds. The van der Waals surface area contributed by atoms with Crippen LogP contribution in [0.2, 0.25) is 0 Å². The van der Waals surface area contributed by atoms with E-state index >= 15 is 0 Å². The minimum Gasteiger partial charge on any atom is -0.491 e. The van der Waals surface area contributed by atoms with Gasteiger partial charge in [-0.25, -0.2) is 4.39 Å². The van der Waals surface area contributed by atoms with Gasteiger partial charge in [-0.2, -0.15) is 0 Å². The zero-order valence-electron chi connectivity index (χ0n) is 8.30. The van der Waals surface area contributed by atoms with Crippen LogP contribution < -0.4 is 10.1 Å². The fourth-order valence-electron chi connectivity index (χ4n) is 1.68. The number of nitrogens with one attached hydrogen (secondary N) is 1. The molecule has 0 spiro atoms. The van der Waals surface area contributed by atoms with E-state index in [-0.39, 0.29) is 5.82 Å². The smallest absolute Gasteiger partial charge is 0.133 e. The van der Waals surface area contributed by atoms with Gasteiger partial charge in [-0.3, -0.25) is 0 Å². The number of ether oxygens (including phenoxy) is 1. The molecule has 0 saturated carbocycles. The Morgan fingerprint density at radius 3 is 3.07 bits per heavy atom. The molecular formula is C11H13BrFNO. The molecule has 4 heteroatoms. The largest absolute Gasteiger partial charge is 0.491 e. The summed E-state index contributed by atoms with van der Waals surface area (Å²) in [6, 6.07) is 4.90. The van der Waals surface area contributed by atoms with Crippen LogP contribution in [0.5, 0.6) is 5.75 Å². The van der Waals surface area contributed by atoms with Crippen molar-refractivity contribution in [3.63, 3.8) is 0 Å². The van der Waals surface area contributed by atoms with Crippen molar-refractivity contribution in [3.05, 3.63) is 28.5 Å². The first-order chi connectivity index (χ1) is 7.25. The summed E-state index contributed by atoms with van der Waals surface area (Å²) in [6.07, 6.45) is 2.36. The third kappa shape index (κ3) is 2.92. The molecule has 1 saturated heterocycles. The first-order valence-electron chi connectivity index (χ1n) is 5.07. The van der Waals surface area contributed by atoms with E-state index in [9.17, 15) is 4.39 Å². The summed E-state index contributed by atoms with van der Waals surface area (Å²) in [5, 5.41) is 3.34. The van der Waals surface area contributed by atoms with Crippen LogP contribution in [0.1, 0.15) is 12.8 Å². The van der Waals surface area contributed by atoms with Crippen molar-refractivity contribution in [2.75, 3.05) is 13.2 Å². The van der Waals surface area contributed by atoms with E-state index in [0.717, 1.165) is 13.0 Å². The number of benzene rings is 1. The van der Waals surface area contributed by atoms with E-state index in [1.165, 1.54) is 18.6 Å². The standard InChI is InChI=1S/C11H13BrFNO/c12-10-6-8(13)3-4-11(10)15-7-9-2-1-5-14-9/h3-4,6,9,14H,1-2,5,7H2. The maximum absolute atomic E-state index is 12.8. The molecule has 0 aliphatic carbocycles. The molecule has 82 valence electrons. The Bertz CT molecular complexity index is 339. The molecule has 1 unspecified atom stereocenters. The third-order valence-electron chi connectivity index (χ3n) is 2.50. The lowest BCUT2D eigenvalue weighted by atomic mass is 10.2. The average Bonchev–Trinajstić information content (AvgIpc) is 2.69. The minimum absolute atomic E-state index is 0.256. The quantitative estimate of drug-likeness (QED) is 0.915. The zero-order chi connectivity index (χ0) is 10.7. The Morgan fingerprint density at radius 1 is 1.53 bits per heavy atom. The Balaban J connectivity index is 1.92. The number of rotatable bonds is 3. The first-order valence-corrected chi connectivity index (χ1v) is 5.86. The lowest BCUT2D eigenvalue weighted by Crippen LogP contribution is -2.28. The third-order valence-corrected chi connectivity index (χ3v) is 3.12. The van der Waals surface area contributed by atoms with Gasteiger partial charge >= 0.3 is 0 Å². The Hall–Kier alpha value is -0.610. The summed E-state index contributed by atoms with van der Waals surface area (Å²) in [7, 11) is 0. The summed E-state index contributed by atoms with van der Waals surface area (Å²) in [5.74, 6) is 0.443. The molecule has 1 aromatic rings. The SMILES string of the molecule is Fc1ccc(OCC2CCCN2)c(Br)c1. The summed E-state index contributed by atoms with van der Waals surface area (Å²) < 4.78 is 19.1. The molecule has 1 N–H and O–H groups in total.